The first-order valence-corrected chi connectivity index (χ1v) is 5.38. The predicted octanol–water partition coefficient (Wildman–Crippen LogP) is 4.35. The first kappa shape index (κ1) is 15.8. The van der Waals surface area contributed by atoms with Crippen LogP contribution >= 0.6 is 0 Å². The molecule has 0 bridgehead atoms. The molecule has 0 aromatic heterocycles. The van der Waals surface area contributed by atoms with E-state index >= 15 is 0 Å². The molecule has 0 N–H and O–H groups in total. The molecular weight excluding hydrogens is 272 g/mol. The summed E-state index contributed by atoms with van der Waals surface area (Å²) in [5.41, 5.74) is -2.59. The van der Waals surface area contributed by atoms with E-state index in [-0.39, 0.29) is 11.6 Å². The van der Waals surface area contributed by atoms with Crippen LogP contribution in [0.2, 0.25) is 0 Å². The molecule has 0 heterocycles. The fraction of sp³-hybridized carbons (Fsp3) is 0.500. The second kappa shape index (κ2) is 5.03. The van der Waals surface area contributed by atoms with Crippen LogP contribution < -0.4 is 0 Å². The maximum atomic E-state index is 12.6. The lowest BCUT2D eigenvalue weighted by Crippen LogP contribution is -2.19. The number of nitrogens with zero attached hydrogens (tertiary/aromatic N) is 1. The Morgan fingerprint density at radius 1 is 0.842 bits per heavy atom. The highest BCUT2D eigenvalue weighted by molar-refractivity contribution is 5.35. The molecule has 1 aromatic rings. The zero-order valence-corrected chi connectivity index (χ0v) is 10.5. The van der Waals surface area contributed by atoms with Crippen molar-refractivity contribution in [2.75, 3.05) is 14.1 Å². The van der Waals surface area contributed by atoms with E-state index in [0.29, 0.717) is 0 Å². The number of alkyl halides is 6. The van der Waals surface area contributed by atoms with Gasteiger partial charge in [0.05, 0.1) is 11.1 Å². The van der Waals surface area contributed by atoms with Crippen LogP contribution in [0.3, 0.4) is 0 Å². The zero-order chi connectivity index (χ0) is 15.0. The first-order chi connectivity index (χ1) is 8.43. The Morgan fingerprint density at radius 3 is 1.47 bits per heavy atom. The third-order valence-corrected chi connectivity index (χ3v) is 2.87. The number of halogens is 6. The Morgan fingerprint density at radius 2 is 1.21 bits per heavy atom. The second-order valence-corrected chi connectivity index (χ2v) is 4.48. The minimum Gasteiger partial charge on any atom is -0.303 e. The van der Waals surface area contributed by atoms with Crippen LogP contribution in [0.4, 0.5) is 26.3 Å². The van der Waals surface area contributed by atoms with Crippen molar-refractivity contribution in [3.63, 3.8) is 0 Å². The van der Waals surface area contributed by atoms with Gasteiger partial charge in [-0.2, -0.15) is 26.3 Å². The van der Waals surface area contributed by atoms with Gasteiger partial charge in [-0.15, -0.1) is 0 Å². The summed E-state index contributed by atoms with van der Waals surface area (Å²) in [6, 6.07) is 1.08. The van der Waals surface area contributed by atoms with Gasteiger partial charge < -0.3 is 4.90 Å². The molecule has 0 aliphatic carbocycles. The van der Waals surface area contributed by atoms with E-state index in [2.05, 4.69) is 0 Å². The number of hydrogen-bond donors (Lipinski definition) is 0. The number of rotatable bonds is 2. The molecule has 1 rings (SSSR count). The predicted molar refractivity (Wildman–Crippen MR) is 58.5 cm³/mol. The van der Waals surface area contributed by atoms with Gasteiger partial charge in [0.2, 0.25) is 0 Å². The Hall–Kier alpha value is -1.24. The van der Waals surface area contributed by atoms with Crippen molar-refractivity contribution in [1.82, 2.24) is 4.90 Å². The SMILES string of the molecule is CC(c1cc(C(F)(F)F)cc(C(F)(F)F)c1)N(C)C. The van der Waals surface area contributed by atoms with E-state index < -0.39 is 29.5 Å². The van der Waals surface area contributed by atoms with Crippen molar-refractivity contribution in [3.8, 4) is 0 Å². The van der Waals surface area contributed by atoms with Crippen LogP contribution in [-0.2, 0) is 12.4 Å². The normalized spacial score (nSPS) is 14.8. The average Bonchev–Trinajstić information content (AvgIpc) is 2.24. The molecule has 0 saturated carbocycles. The van der Waals surface area contributed by atoms with Gasteiger partial charge in [0.25, 0.3) is 0 Å². The van der Waals surface area contributed by atoms with Gasteiger partial charge in [-0.05, 0) is 44.8 Å². The van der Waals surface area contributed by atoms with Gasteiger partial charge in [0.15, 0.2) is 0 Å². The summed E-state index contributed by atoms with van der Waals surface area (Å²) < 4.78 is 75.7. The Labute approximate surface area is 106 Å². The van der Waals surface area contributed by atoms with E-state index in [1.54, 1.807) is 14.1 Å². The van der Waals surface area contributed by atoms with Crippen LogP contribution in [0.5, 0.6) is 0 Å². The van der Waals surface area contributed by atoms with Gasteiger partial charge >= 0.3 is 12.4 Å². The van der Waals surface area contributed by atoms with E-state index in [1.807, 2.05) is 0 Å². The van der Waals surface area contributed by atoms with Gasteiger partial charge in [0.1, 0.15) is 0 Å². The highest BCUT2D eigenvalue weighted by Crippen LogP contribution is 2.37. The minimum atomic E-state index is -4.80. The first-order valence-electron chi connectivity index (χ1n) is 5.38. The standard InChI is InChI=1S/C12H13F6N/c1-7(19(2)3)8-4-9(11(13,14)15)6-10(5-8)12(16,17)18/h4-7H,1-3H3. The third-order valence-electron chi connectivity index (χ3n) is 2.87. The molecule has 7 heteroatoms. The summed E-state index contributed by atoms with van der Waals surface area (Å²) in [5.74, 6) is 0. The van der Waals surface area contributed by atoms with Gasteiger partial charge in [-0.1, -0.05) is 0 Å². The summed E-state index contributed by atoms with van der Waals surface area (Å²) >= 11 is 0. The minimum absolute atomic E-state index is 0.0212. The zero-order valence-electron chi connectivity index (χ0n) is 10.5. The summed E-state index contributed by atoms with van der Waals surface area (Å²) in [4.78, 5) is 1.54. The molecule has 1 aromatic carbocycles. The van der Waals surface area contributed by atoms with Crippen LogP contribution in [0.15, 0.2) is 18.2 Å². The van der Waals surface area contributed by atoms with Gasteiger partial charge in [0, 0.05) is 6.04 Å². The van der Waals surface area contributed by atoms with Crippen molar-refractivity contribution in [2.45, 2.75) is 25.3 Å². The molecule has 19 heavy (non-hydrogen) atoms. The molecule has 108 valence electrons. The number of benzene rings is 1. The van der Waals surface area contributed by atoms with Crippen LogP contribution in [0.1, 0.15) is 29.7 Å². The van der Waals surface area contributed by atoms with Crippen molar-refractivity contribution in [2.24, 2.45) is 0 Å². The van der Waals surface area contributed by atoms with Crippen molar-refractivity contribution < 1.29 is 26.3 Å². The van der Waals surface area contributed by atoms with Crippen LogP contribution in [0, 0.1) is 0 Å². The lowest BCUT2D eigenvalue weighted by molar-refractivity contribution is -0.143. The fourth-order valence-electron chi connectivity index (χ4n) is 1.52. The molecule has 0 amide bonds. The van der Waals surface area contributed by atoms with Crippen molar-refractivity contribution in [1.29, 1.82) is 0 Å². The highest BCUT2D eigenvalue weighted by Gasteiger charge is 2.37. The molecule has 0 saturated heterocycles. The summed E-state index contributed by atoms with van der Waals surface area (Å²) in [6.07, 6.45) is -9.61. The summed E-state index contributed by atoms with van der Waals surface area (Å²) in [7, 11) is 3.16. The summed E-state index contributed by atoms with van der Waals surface area (Å²) in [6.45, 7) is 1.54. The van der Waals surface area contributed by atoms with Gasteiger partial charge in [-0.25, -0.2) is 0 Å². The lowest BCUT2D eigenvalue weighted by atomic mass is 10.00. The third kappa shape index (κ3) is 3.86. The van der Waals surface area contributed by atoms with E-state index in [0.717, 1.165) is 12.1 Å². The van der Waals surface area contributed by atoms with Crippen LogP contribution in [-0.4, -0.2) is 19.0 Å². The van der Waals surface area contributed by atoms with E-state index in [4.69, 9.17) is 0 Å². The molecule has 1 nitrogen and oxygen atoms in total. The monoisotopic (exact) mass is 285 g/mol. The quantitative estimate of drug-likeness (QED) is 0.730. The smallest absolute Gasteiger partial charge is 0.303 e. The molecule has 0 aliphatic rings. The number of hydrogen-bond acceptors (Lipinski definition) is 1. The van der Waals surface area contributed by atoms with Crippen molar-refractivity contribution in [3.05, 3.63) is 34.9 Å². The Balaban J connectivity index is 3.41. The Kier molecular flexibility index (Phi) is 4.19. The molecule has 0 fully saturated rings. The molecule has 0 aliphatic heterocycles. The van der Waals surface area contributed by atoms with Crippen molar-refractivity contribution >= 4 is 0 Å². The fourth-order valence-corrected chi connectivity index (χ4v) is 1.52. The second-order valence-electron chi connectivity index (χ2n) is 4.48. The largest absolute Gasteiger partial charge is 0.416 e. The molecular formula is C12H13F6N. The molecule has 0 spiro atoms. The summed E-state index contributed by atoms with van der Waals surface area (Å²) in [5, 5.41) is 0. The van der Waals surface area contributed by atoms with E-state index in [1.165, 1.54) is 11.8 Å². The topological polar surface area (TPSA) is 3.24 Å². The average molecular weight is 285 g/mol. The van der Waals surface area contributed by atoms with E-state index in [9.17, 15) is 26.3 Å². The van der Waals surface area contributed by atoms with Gasteiger partial charge in [-0.3, -0.25) is 0 Å². The highest BCUT2D eigenvalue weighted by atomic mass is 19.4. The molecule has 0 radical (unpaired) electrons. The maximum Gasteiger partial charge on any atom is 0.416 e. The maximum absolute atomic E-state index is 12.6. The van der Waals surface area contributed by atoms with Crippen LogP contribution in [0.25, 0.3) is 0 Å². The molecule has 1 unspecified atom stereocenters. The molecule has 1 atom stereocenters. The Bertz CT molecular complexity index is 414. The lowest BCUT2D eigenvalue weighted by Gasteiger charge is -2.22.